The minimum Gasteiger partial charge on any atom is -0.507 e. The van der Waals surface area contributed by atoms with Crippen molar-refractivity contribution in [3.8, 4) is 5.75 Å². The van der Waals surface area contributed by atoms with E-state index in [1.807, 2.05) is 6.07 Å². The van der Waals surface area contributed by atoms with Crippen molar-refractivity contribution >= 4 is 6.21 Å². The second kappa shape index (κ2) is 7.69. The van der Waals surface area contributed by atoms with Crippen LogP contribution in [0.4, 0.5) is 0 Å². The van der Waals surface area contributed by atoms with Crippen molar-refractivity contribution in [2.24, 2.45) is 10.9 Å². The number of rotatable bonds is 5. The largest absolute Gasteiger partial charge is 0.507 e. The van der Waals surface area contributed by atoms with Crippen molar-refractivity contribution in [2.45, 2.75) is 78.7 Å². The zero-order chi connectivity index (χ0) is 18.7. The zero-order valence-electron chi connectivity index (χ0n) is 16.6. The second-order valence-electron chi connectivity index (χ2n) is 8.88. The number of phenolic OH excluding ortho intramolecular Hbond substituents is 1. The molecule has 1 unspecified atom stereocenters. The Bertz CT molecular complexity index is 577. The average molecular weight is 334 g/mol. The number of aromatic hydroxyl groups is 1. The first-order chi connectivity index (χ1) is 10.9. The first kappa shape index (κ1) is 20.7. The van der Waals surface area contributed by atoms with Gasteiger partial charge in [-0.1, -0.05) is 67.9 Å². The highest BCUT2D eigenvalue weighted by Crippen LogP contribution is 2.37. The normalized spacial score (nSPS) is 15.7. The van der Waals surface area contributed by atoms with Gasteiger partial charge in [0.1, 0.15) is 5.75 Å². The molecule has 1 aromatic rings. The molecule has 0 aliphatic heterocycles. The van der Waals surface area contributed by atoms with Gasteiger partial charge in [-0.15, -0.1) is 0 Å². The number of hydrogen-bond donors (Lipinski definition) is 2. The summed E-state index contributed by atoms with van der Waals surface area (Å²) in [4.78, 5) is 4.56. The maximum Gasteiger partial charge on any atom is 0.128 e. The highest BCUT2D eigenvalue weighted by molar-refractivity contribution is 5.85. The van der Waals surface area contributed by atoms with E-state index in [4.69, 9.17) is 0 Å². The van der Waals surface area contributed by atoms with E-state index in [-0.39, 0.29) is 23.5 Å². The van der Waals surface area contributed by atoms with Crippen molar-refractivity contribution < 1.29 is 10.2 Å². The van der Waals surface area contributed by atoms with Crippen molar-refractivity contribution in [2.75, 3.05) is 6.61 Å². The molecule has 0 spiro atoms. The van der Waals surface area contributed by atoms with Crippen molar-refractivity contribution in [3.63, 3.8) is 0 Å². The Morgan fingerprint density at radius 3 is 2.08 bits per heavy atom. The Balaban J connectivity index is 3.41. The molecule has 0 aliphatic carbocycles. The van der Waals surface area contributed by atoms with Crippen LogP contribution in [-0.4, -0.2) is 29.1 Å². The van der Waals surface area contributed by atoms with Gasteiger partial charge in [-0.05, 0) is 28.4 Å². The number of aliphatic imine (C=N–C) groups is 1. The van der Waals surface area contributed by atoms with Gasteiger partial charge in [0.25, 0.3) is 0 Å². The lowest BCUT2D eigenvalue weighted by Crippen LogP contribution is -2.20. The molecule has 0 bridgehead atoms. The topological polar surface area (TPSA) is 52.8 Å². The van der Waals surface area contributed by atoms with Gasteiger partial charge >= 0.3 is 0 Å². The molecule has 136 valence electrons. The van der Waals surface area contributed by atoms with Crippen LogP contribution in [0.2, 0.25) is 0 Å². The maximum absolute atomic E-state index is 10.7. The first-order valence-electron chi connectivity index (χ1n) is 8.93. The Kier molecular flexibility index (Phi) is 6.63. The fourth-order valence-corrected chi connectivity index (χ4v) is 2.58. The molecule has 0 radical (unpaired) electrons. The summed E-state index contributed by atoms with van der Waals surface area (Å²) in [6.07, 6.45) is 2.69. The van der Waals surface area contributed by atoms with E-state index in [0.29, 0.717) is 11.7 Å². The fraction of sp³-hybridized carbons (Fsp3) is 0.667. The molecule has 0 fully saturated rings. The van der Waals surface area contributed by atoms with Crippen LogP contribution in [0, 0.1) is 5.92 Å². The molecular formula is C21H35NO2. The summed E-state index contributed by atoms with van der Waals surface area (Å²) in [6, 6.07) is 3.98. The number of hydrogen-bond acceptors (Lipinski definition) is 3. The summed E-state index contributed by atoms with van der Waals surface area (Å²) in [6.45, 7) is 17.0. The van der Waals surface area contributed by atoms with Gasteiger partial charge in [-0.25, -0.2) is 0 Å². The van der Waals surface area contributed by atoms with E-state index in [9.17, 15) is 10.2 Å². The van der Waals surface area contributed by atoms with Crippen LogP contribution in [0.25, 0.3) is 0 Å². The lowest BCUT2D eigenvalue weighted by Gasteiger charge is -2.27. The summed E-state index contributed by atoms with van der Waals surface area (Å²) in [5, 5.41) is 20.3. The Hall–Kier alpha value is -1.35. The molecule has 0 heterocycles. The lowest BCUT2D eigenvalue weighted by atomic mass is 9.79. The lowest BCUT2D eigenvalue weighted by molar-refractivity contribution is 0.232. The first-order valence-corrected chi connectivity index (χ1v) is 8.93. The summed E-state index contributed by atoms with van der Waals surface area (Å²) in [5.41, 5.74) is 2.68. The molecule has 0 saturated heterocycles. The summed E-state index contributed by atoms with van der Waals surface area (Å²) in [7, 11) is 0. The SMILES string of the molecule is CCC(C)[C@@H](CO)N=Cc1cc(C(C)(C)C)cc(C(C)(C)C)c1O. The zero-order valence-corrected chi connectivity index (χ0v) is 16.6. The standard InChI is InChI=1S/C21H35NO2/c1-9-14(2)18(13-23)22-12-15-10-16(20(3,4)5)11-17(19(15)24)21(6,7)8/h10-12,14,18,23-24H,9,13H2,1-8H3/t14?,18-/m1/s1. The van der Waals surface area contributed by atoms with Crippen LogP contribution in [0.5, 0.6) is 5.75 Å². The molecule has 3 heteroatoms. The van der Waals surface area contributed by atoms with Crippen LogP contribution < -0.4 is 0 Å². The van der Waals surface area contributed by atoms with Crippen molar-refractivity contribution in [1.82, 2.24) is 0 Å². The predicted octanol–water partition coefficient (Wildman–Crippen LogP) is 4.81. The molecule has 3 nitrogen and oxygen atoms in total. The Labute approximate surface area is 147 Å². The van der Waals surface area contributed by atoms with E-state index < -0.39 is 0 Å². The molecular weight excluding hydrogens is 298 g/mol. The summed E-state index contributed by atoms with van der Waals surface area (Å²) in [5.74, 6) is 0.598. The van der Waals surface area contributed by atoms with Gasteiger partial charge in [0.2, 0.25) is 0 Å². The monoisotopic (exact) mass is 333 g/mol. The minimum absolute atomic E-state index is 0.0105. The van der Waals surface area contributed by atoms with E-state index in [0.717, 1.165) is 17.5 Å². The van der Waals surface area contributed by atoms with Gasteiger partial charge in [0, 0.05) is 17.3 Å². The van der Waals surface area contributed by atoms with Crippen LogP contribution in [-0.2, 0) is 10.8 Å². The third-order valence-electron chi connectivity index (χ3n) is 4.71. The van der Waals surface area contributed by atoms with Crippen LogP contribution >= 0.6 is 0 Å². The molecule has 0 amide bonds. The van der Waals surface area contributed by atoms with Crippen LogP contribution in [0.1, 0.15) is 78.5 Å². The predicted molar refractivity (Wildman–Crippen MR) is 103 cm³/mol. The van der Waals surface area contributed by atoms with Gasteiger partial charge in [-0.3, -0.25) is 4.99 Å². The molecule has 0 aromatic heterocycles. The van der Waals surface area contributed by atoms with Gasteiger partial charge in [0.15, 0.2) is 0 Å². The van der Waals surface area contributed by atoms with Gasteiger partial charge in [0.05, 0.1) is 12.6 Å². The highest BCUT2D eigenvalue weighted by Gasteiger charge is 2.24. The molecule has 1 rings (SSSR count). The van der Waals surface area contributed by atoms with Crippen LogP contribution in [0.15, 0.2) is 17.1 Å². The molecule has 2 atom stereocenters. The quantitative estimate of drug-likeness (QED) is 0.760. The Morgan fingerprint density at radius 1 is 1.08 bits per heavy atom. The highest BCUT2D eigenvalue weighted by atomic mass is 16.3. The van der Waals surface area contributed by atoms with Crippen molar-refractivity contribution in [1.29, 1.82) is 0 Å². The molecule has 0 aliphatic rings. The number of aliphatic hydroxyl groups is 1. The second-order valence-corrected chi connectivity index (χ2v) is 8.88. The molecule has 0 saturated carbocycles. The molecule has 24 heavy (non-hydrogen) atoms. The van der Waals surface area contributed by atoms with E-state index in [2.05, 4.69) is 66.4 Å². The number of phenols is 1. The number of benzene rings is 1. The van der Waals surface area contributed by atoms with E-state index in [1.54, 1.807) is 6.21 Å². The third-order valence-corrected chi connectivity index (χ3v) is 4.71. The number of nitrogens with zero attached hydrogens (tertiary/aromatic N) is 1. The minimum atomic E-state index is -0.152. The van der Waals surface area contributed by atoms with E-state index >= 15 is 0 Å². The third kappa shape index (κ3) is 5.07. The van der Waals surface area contributed by atoms with Crippen LogP contribution in [0.3, 0.4) is 0 Å². The smallest absolute Gasteiger partial charge is 0.128 e. The average Bonchev–Trinajstić information content (AvgIpc) is 2.46. The summed E-state index contributed by atoms with van der Waals surface area (Å²) < 4.78 is 0. The number of aliphatic hydroxyl groups excluding tert-OH is 1. The molecule has 1 aromatic carbocycles. The Morgan fingerprint density at radius 2 is 1.67 bits per heavy atom. The fourth-order valence-electron chi connectivity index (χ4n) is 2.58. The van der Waals surface area contributed by atoms with Crippen molar-refractivity contribution in [3.05, 3.63) is 28.8 Å². The van der Waals surface area contributed by atoms with E-state index in [1.165, 1.54) is 5.56 Å². The van der Waals surface area contributed by atoms with Gasteiger partial charge in [-0.2, -0.15) is 0 Å². The maximum atomic E-state index is 10.7. The molecule has 2 N–H and O–H groups in total. The summed E-state index contributed by atoms with van der Waals surface area (Å²) >= 11 is 0. The van der Waals surface area contributed by atoms with Gasteiger partial charge < -0.3 is 10.2 Å².